The van der Waals surface area contributed by atoms with Gasteiger partial charge in [-0.3, -0.25) is 0 Å². The van der Waals surface area contributed by atoms with Crippen LogP contribution in [-0.2, 0) is 0 Å². The summed E-state index contributed by atoms with van der Waals surface area (Å²) in [7, 11) is 4.15. The largest absolute Gasteiger partial charge is 0.384 e. The highest BCUT2D eigenvalue weighted by atomic mass is 32.2. The van der Waals surface area contributed by atoms with E-state index in [2.05, 4.69) is 29.0 Å². The number of thioether (sulfide) groups is 1. The smallest absolute Gasteiger partial charge is 0.135 e. The highest BCUT2D eigenvalue weighted by molar-refractivity contribution is 7.99. The number of rotatable bonds is 5. The van der Waals surface area contributed by atoms with E-state index in [0.717, 1.165) is 23.1 Å². The molecule has 5 heteroatoms. The van der Waals surface area contributed by atoms with Gasteiger partial charge in [0.15, 0.2) is 0 Å². The highest BCUT2D eigenvalue weighted by Crippen LogP contribution is 2.38. The predicted octanol–water partition coefficient (Wildman–Crippen LogP) is 1.59. The van der Waals surface area contributed by atoms with Crippen LogP contribution in [0.25, 0.3) is 0 Å². The standard InChI is InChI=1S/C11H18N4S/c1-15(2)5-6-16-10-7-9(12)13-11(14-10)8-3-4-8/h7-8H,3-6H2,1-2H3,(H2,12,13,14). The number of anilines is 1. The number of aromatic nitrogens is 2. The van der Waals surface area contributed by atoms with Gasteiger partial charge in [0.1, 0.15) is 16.7 Å². The van der Waals surface area contributed by atoms with Gasteiger partial charge in [-0.1, -0.05) is 0 Å². The molecule has 88 valence electrons. The lowest BCUT2D eigenvalue weighted by Gasteiger charge is -2.09. The van der Waals surface area contributed by atoms with Crippen LogP contribution in [0.15, 0.2) is 11.1 Å². The van der Waals surface area contributed by atoms with E-state index in [1.807, 2.05) is 6.07 Å². The molecule has 0 amide bonds. The Morgan fingerprint density at radius 2 is 2.19 bits per heavy atom. The summed E-state index contributed by atoms with van der Waals surface area (Å²) in [6.07, 6.45) is 2.43. The van der Waals surface area contributed by atoms with E-state index in [0.29, 0.717) is 11.7 Å². The Kier molecular flexibility index (Phi) is 3.66. The molecule has 0 atom stereocenters. The Morgan fingerprint density at radius 3 is 2.81 bits per heavy atom. The molecule has 0 aliphatic heterocycles. The van der Waals surface area contributed by atoms with Crippen molar-refractivity contribution >= 4 is 17.6 Å². The van der Waals surface area contributed by atoms with Crippen molar-refractivity contribution in [1.29, 1.82) is 0 Å². The van der Waals surface area contributed by atoms with Gasteiger partial charge in [0.05, 0.1) is 0 Å². The number of nitrogens with two attached hydrogens (primary N) is 1. The first kappa shape index (κ1) is 11.7. The molecule has 0 radical (unpaired) electrons. The molecule has 0 saturated heterocycles. The third-order valence-electron chi connectivity index (χ3n) is 2.47. The van der Waals surface area contributed by atoms with Crippen LogP contribution in [0.3, 0.4) is 0 Å². The lowest BCUT2D eigenvalue weighted by Crippen LogP contribution is -2.14. The molecule has 1 heterocycles. The van der Waals surface area contributed by atoms with Crippen LogP contribution in [0.4, 0.5) is 5.82 Å². The Balaban J connectivity index is 1.97. The topological polar surface area (TPSA) is 55.0 Å². The molecule has 0 bridgehead atoms. The molecule has 1 aliphatic carbocycles. The second-order valence-corrected chi connectivity index (χ2v) is 5.53. The van der Waals surface area contributed by atoms with Gasteiger partial charge in [0.2, 0.25) is 0 Å². The van der Waals surface area contributed by atoms with Gasteiger partial charge in [-0.05, 0) is 26.9 Å². The van der Waals surface area contributed by atoms with Crippen molar-refractivity contribution in [3.63, 3.8) is 0 Å². The first-order valence-electron chi connectivity index (χ1n) is 5.57. The lowest BCUT2D eigenvalue weighted by molar-refractivity contribution is 0.437. The van der Waals surface area contributed by atoms with Crippen LogP contribution in [-0.4, -0.2) is 41.3 Å². The van der Waals surface area contributed by atoms with Crippen LogP contribution >= 0.6 is 11.8 Å². The van der Waals surface area contributed by atoms with Crippen LogP contribution < -0.4 is 5.73 Å². The fraction of sp³-hybridized carbons (Fsp3) is 0.636. The number of nitrogens with zero attached hydrogens (tertiary/aromatic N) is 3. The number of hydrogen-bond acceptors (Lipinski definition) is 5. The number of hydrogen-bond donors (Lipinski definition) is 1. The molecule has 1 aliphatic rings. The molecule has 1 saturated carbocycles. The van der Waals surface area contributed by atoms with Crippen LogP contribution in [0.2, 0.25) is 0 Å². The highest BCUT2D eigenvalue weighted by Gasteiger charge is 2.27. The zero-order valence-electron chi connectivity index (χ0n) is 9.81. The van der Waals surface area contributed by atoms with Crippen molar-refractivity contribution in [3.05, 3.63) is 11.9 Å². The molecule has 1 aromatic rings. The average Bonchev–Trinajstić information content (AvgIpc) is 2.99. The molecular formula is C11H18N4S. The molecule has 16 heavy (non-hydrogen) atoms. The molecule has 0 spiro atoms. The molecule has 0 unspecified atom stereocenters. The Labute approximate surface area is 101 Å². The summed E-state index contributed by atoms with van der Waals surface area (Å²) >= 11 is 1.75. The van der Waals surface area contributed by atoms with Crippen molar-refractivity contribution in [2.24, 2.45) is 0 Å². The Bertz CT molecular complexity index is 363. The Hall–Kier alpha value is -0.810. The molecule has 1 fully saturated rings. The van der Waals surface area contributed by atoms with E-state index < -0.39 is 0 Å². The Morgan fingerprint density at radius 1 is 1.44 bits per heavy atom. The average molecular weight is 238 g/mol. The summed E-state index contributed by atoms with van der Waals surface area (Å²) in [5, 5.41) is 1.01. The second-order valence-electron chi connectivity index (χ2n) is 4.42. The first-order chi connectivity index (χ1) is 7.65. The van der Waals surface area contributed by atoms with Crippen molar-refractivity contribution in [2.75, 3.05) is 32.1 Å². The van der Waals surface area contributed by atoms with Crippen molar-refractivity contribution in [1.82, 2.24) is 14.9 Å². The van der Waals surface area contributed by atoms with Crippen molar-refractivity contribution in [2.45, 2.75) is 23.8 Å². The molecule has 2 rings (SSSR count). The van der Waals surface area contributed by atoms with E-state index in [4.69, 9.17) is 5.73 Å². The normalized spacial score (nSPS) is 15.7. The molecule has 4 nitrogen and oxygen atoms in total. The summed E-state index contributed by atoms with van der Waals surface area (Å²) < 4.78 is 0. The zero-order chi connectivity index (χ0) is 11.5. The summed E-state index contributed by atoms with van der Waals surface area (Å²) in [6, 6.07) is 1.87. The van der Waals surface area contributed by atoms with Crippen LogP contribution in [0.1, 0.15) is 24.6 Å². The fourth-order valence-electron chi connectivity index (χ4n) is 1.39. The molecule has 0 aromatic carbocycles. The first-order valence-corrected chi connectivity index (χ1v) is 6.55. The minimum Gasteiger partial charge on any atom is -0.384 e. The summed E-state index contributed by atoms with van der Waals surface area (Å²) in [5.41, 5.74) is 5.78. The molecule has 2 N–H and O–H groups in total. The van der Waals surface area contributed by atoms with Gasteiger partial charge >= 0.3 is 0 Å². The third-order valence-corrected chi connectivity index (χ3v) is 3.36. The van der Waals surface area contributed by atoms with E-state index in [9.17, 15) is 0 Å². The maximum Gasteiger partial charge on any atom is 0.135 e. The van der Waals surface area contributed by atoms with Crippen LogP contribution in [0.5, 0.6) is 0 Å². The molecule has 1 aromatic heterocycles. The lowest BCUT2D eigenvalue weighted by atomic mass is 10.4. The third kappa shape index (κ3) is 3.35. The zero-order valence-corrected chi connectivity index (χ0v) is 10.6. The number of nitrogen functional groups attached to an aromatic ring is 1. The van der Waals surface area contributed by atoms with Crippen molar-refractivity contribution in [3.8, 4) is 0 Å². The monoisotopic (exact) mass is 238 g/mol. The summed E-state index contributed by atoms with van der Waals surface area (Å²) in [6.45, 7) is 1.05. The minimum absolute atomic E-state index is 0.566. The van der Waals surface area contributed by atoms with Gasteiger partial charge in [-0.2, -0.15) is 0 Å². The van der Waals surface area contributed by atoms with Crippen LogP contribution in [0, 0.1) is 0 Å². The maximum atomic E-state index is 5.78. The summed E-state index contributed by atoms with van der Waals surface area (Å²) in [5.74, 6) is 3.14. The second kappa shape index (κ2) is 5.01. The van der Waals surface area contributed by atoms with E-state index in [1.165, 1.54) is 12.8 Å². The van der Waals surface area contributed by atoms with Gasteiger partial charge in [0, 0.05) is 24.3 Å². The van der Waals surface area contributed by atoms with Gasteiger partial charge in [-0.15, -0.1) is 11.8 Å². The van der Waals surface area contributed by atoms with Gasteiger partial charge in [-0.25, -0.2) is 9.97 Å². The van der Waals surface area contributed by atoms with E-state index >= 15 is 0 Å². The van der Waals surface area contributed by atoms with Gasteiger partial charge in [0.25, 0.3) is 0 Å². The van der Waals surface area contributed by atoms with Crippen molar-refractivity contribution < 1.29 is 0 Å². The van der Waals surface area contributed by atoms with E-state index in [-0.39, 0.29) is 0 Å². The maximum absolute atomic E-state index is 5.78. The SMILES string of the molecule is CN(C)CCSc1cc(N)nc(C2CC2)n1. The van der Waals surface area contributed by atoms with E-state index in [1.54, 1.807) is 11.8 Å². The summed E-state index contributed by atoms with van der Waals surface area (Å²) in [4.78, 5) is 11.0. The predicted molar refractivity (Wildman–Crippen MR) is 67.7 cm³/mol. The fourth-order valence-corrected chi connectivity index (χ4v) is 2.42. The minimum atomic E-state index is 0.566. The quantitative estimate of drug-likeness (QED) is 0.623. The van der Waals surface area contributed by atoms with Gasteiger partial charge < -0.3 is 10.6 Å². The molecular weight excluding hydrogens is 220 g/mol.